The van der Waals surface area contributed by atoms with Gasteiger partial charge in [-0.2, -0.15) is 0 Å². The summed E-state index contributed by atoms with van der Waals surface area (Å²) >= 11 is 1.91. The van der Waals surface area contributed by atoms with E-state index in [0.29, 0.717) is 0 Å². The second kappa shape index (κ2) is 10.9. The zero-order valence-electron chi connectivity index (χ0n) is 29.5. The molecule has 0 atom stereocenters. The Morgan fingerprint density at radius 2 is 1.16 bits per heavy atom. The van der Waals surface area contributed by atoms with Crippen molar-refractivity contribution in [1.82, 2.24) is 4.48 Å². The summed E-state index contributed by atoms with van der Waals surface area (Å²) in [5.74, 6) is 0. The van der Waals surface area contributed by atoms with Crippen LogP contribution in [0.15, 0.2) is 180 Å². The maximum Gasteiger partial charge on any atom is 0.333 e. The minimum atomic E-state index is -0.0889. The second-order valence-corrected chi connectivity index (χ2v) is 15.9. The van der Waals surface area contributed by atoms with E-state index in [9.17, 15) is 0 Å². The van der Waals surface area contributed by atoms with Gasteiger partial charge in [0.05, 0.1) is 15.9 Å². The quantitative estimate of drug-likeness (QED) is 0.170. The predicted molar refractivity (Wildman–Crippen MR) is 234 cm³/mol. The van der Waals surface area contributed by atoms with Crippen molar-refractivity contribution in [3.8, 4) is 33.4 Å². The molecule has 3 nitrogen and oxygen atoms in total. The fourth-order valence-corrected chi connectivity index (χ4v) is 10.9. The van der Waals surface area contributed by atoms with E-state index in [2.05, 4.69) is 185 Å². The summed E-state index contributed by atoms with van der Waals surface area (Å²) in [6.07, 6.45) is 0. The first kappa shape index (κ1) is 29.6. The molecular weight excluding hydrogens is 687 g/mol. The van der Waals surface area contributed by atoms with Gasteiger partial charge in [-0.1, -0.05) is 140 Å². The van der Waals surface area contributed by atoms with Crippen LogP contribution in [0.2, 0.25) is 0 Å². The molecule has 5 heteroatoms. The van der Waals surface area contributed by atoms with Crippen LogP contribution < -0.4 is 15.8 Å². The highest BCUT2D eigenvalue weighted by atomic mass is 32.1. The fraction of sp³-hybridized carbons (Fsp3) is 0. The van der Waals surface area contributed by atoms with Gasteiger partial charge in [-0.05, 0) is 75.1 Å². The van der Waals surface area contributed by atoms with Crippen LogP contribution in [0.3, 0.4) is 0 Å². The highest BCUT2D eigenvalue weighted by Crippen LogP contribution is 2.51. The summed E-state index contributed by atoms with van der Waals surface area (Å²) in [5.41, 5.74) is 17.7. The first-order valence-electron chi connectivity index (χ1n) is 18.9. The number of hydrogen-bond acceptors (Lipinski definition) is 3. The second-order valence-electron chi connectivity index (χ2n) is 14.8. The van der Waals surface area contributed by atoms with Crippen LogP contribution in [0.1, 0.15) is 0 Å². The zero-order valence-corrected chi connectivity index (χ0v) is 30.3. The molecular formula is C50H29BN2OS. The Balaban J connectivity index is 1.20. The lowest BCUT2D eigenvalue weighted by molar-refractivity contribution is 0.669. The van der Waals surface area contributed by atoms with Gasteiger partial charge < -0.3 is 13.8 Å². The maximum atomic E-state index is 7.01. The van der Waals surface area contributed by atoms with Gasteiger partial charge >= 0.3 is 6.85 Å². The third-order valence-electron chi connectivity index (χ3n) is 12.0. The third kappa shape index (κ3) is 3.95. The van der Waals surface area contributed by atoms with Crippen LogP contribution in [0.25, 0.3) is 86.5 Å². The van der Waals surface area contributed by atoms with E-state index in [1.54, 1.807) is 0 Å². The Kier molecular flexibility index (Phi) is 5.86. The molecule has 0 spiro atoms. The molecule has 0 aliphatic carbocycles. The lowest BCUT2D eigenvalue weighted by atomic mass is 9.44. The topological polar surface area (TPSA) is 21.3 Å². The van der Waals surface area contributed by atoms with Gasteiger partial charge in [0.25, 0.3) is 0 Å². The summed E-state index contributed by atoms with van der Waals surface area (Å²) in [6, 6.07) is 64.4. The van der Waals surface area contributed by atoms with Crippen LogP contribution in [0.4, 0.5) is 17.1 Å². The molecule has 11 aromatic rings. The van der Waals surface area contributed by atoms with Crippen molar-refractivity contribution in [3.05, 3.63) is 176 Å². The van der Waals surface area contributed by atoms with E-state index in [-0.39, 0.29) is 6.85 Å². The van der Waals surface area contributed by atoms with E-state index in [0.717, 1.165) is 39.0 Å². The number of nitrogens with zero attached hydrogens (tertiary/aromatic N) is 2. The van der Waals surface area contributed by atoms with Gasteiger partial charge in [0.15, 0.2) is 5.58 Å². The summed E-state index contributed by atoms with van der Waals surface area (Å²) in [5, 5.41) is 4.90. The Morgan fingerprint density at radius 3 is 1.98 bits per heavy atom. The molecule has 0 saturated heterocycles. The summed E-state index contributed by atoms with van der Waals surface area (Å²) in [7, 11) is 0. The van der Waals surface area contributed by atoms with Crippen LogP contribution in [0, 0.1) is 0 Å². The predicted octanol–water partition coefficient (Wildman–Crippen LogP) is 12.7. The van der Waals surface area contributed by atoms with Crippen LogP contribution in [-0.4, -0.2) is 11.3 Å². The number of thiophene rings is 1. The van der Waals surface area contributed by atoms with Gasteiger partial charge in [-0.15, -0.1) is 11.3 Å². The van der Waals surface area contributed by atoms with E-state index in [1.807, 2.05) is 11.3 Å². The number of rotatable bonds is 3. The average molecular weight is 717 g/mol. The highest BCUT2D eigenvalue weighted by molar-refractivity contribution is 7.27. The number of hydrogen-bond donors (Lipinski definition) is 0. The molecule has 2 aliphatic heterocycles. The van der Waals surface area contributed by atoms with Crippen molar-refractivity contribution in [2.75, 3.05) is 4.90 Å². The first-order valence-corrected chi connectivity index (χ1v) is 19.7. The Labute approximate surface area is 321 Å². The van der Waals surface area contributed by atoms with E-state index in [4.69, 9.17) is 4.42 Å². The maximum absolute atomic E-state index is 7.01. The van der Waals surface area contributed by atoms with Crippen molar-refractivity contribution < 1.29 is 4.42 Å². The van der Waals surface area contributed by atoms with Crippen LogP contribution in [-0.2, 0) is 0 Å². The largest absolute Gasteiger partial charge is 0.454 e. The molecule has 0 saturated carbocycles. The number of anilines is 3. The minimum Gasteiger partial charge on any atom is -0.454 e. The van der Waals surface area contributed by atoms with Crippen molar-refractivity contribution >= 4 is 99.3 Å². The molecule has 0 radical (unpaired) electrons. The molecule has 0 fully saturated rings. The summed E-state index contributed by atoms with van der Waals surface area (Å²) < 4.78 is 12.4. The number of para-hydroxylation sites is 2. The lowest BCUT2D eigenvalue weighted by Crippen LogP contribution is -2.56. The number of furan rings is 1. The molecule has 13 rings (SSSR count). The molecule has 3 aromatic heterocycles. The highest BCUT2D eigenvalue weighted by Gasteiger charge is 2.45. The van der Waals surface area contributed by atoms with E-state index in [1.165, 1.54) is 75.5 Å². The summed E-state index contributed by atoms with van der Waals surface area (Å²) in [4.78, 5) is 2.48. The van der Waals surface area contributed by atoms with Crippen molar-refractivity contribution in [2.45, 2.75) is 0 Å². The van der Waals surface area contributed by atoms with Gasteiger partial charge in [0, 0.05) is 48.7 Å². The number of benzene rings is 8. The van der Waals surface area contributed by atoms with E-state index < -0.39 is 0 Å². The first-order chi connectivity index (χ1) is 27.3. The van der Waals surface area contributed by atoms with Gasteiger partial charge in [-0.25, -0.2) is 0 Å². The van der Waals surface area contributed by atoms with Crippen molar-refractivity contribution in [3.63, 3.8) is 0 Å². The molecule has 0 bridgehead atoms. The zero-order chi connectivity index (χ0) is 35.8. The SMILES string of the molecule is c1ccc(-c2ccc(N3c4ccc(-c5ccccc5)cc4B4c5c(cc6c(oc7ccccc76)c53)-c3cccc5c6sc7ccccc7c6n4c35)cc2)cc1. The normalized spacial score (nSPS) is 13.0. The molecule has 5 heterocycles. The molecule has 0 N–H and O–H groups in total. The molecule has 0 unspecified atom stereocenters. The molecule has 8 aromatic carbocycles. The van der Waals surface area contributed by atoms with Crippen molar-refractivity contribution in [2.24, 2.45) is 0 Å². The standard InChI is InChI=1S/C50H29BN2OS/c1-3-12-30(13-4-1)32-22-25-34(26-23-32)52-42-27-24-33(31-14-5-2-6-15-31)28-41(42)51-45-39(29-40-35-16-7-9-20-43(35)54-49(40)48(45)52)36-18-11-19-38-46(36)53(51)47-37-17-8-10-21-44(37)55-50(38)47/h1-29H. The monoisotopic (exact) mass is 716 g/mol. The minimum absolute atomic E-state index is 0.0889. The fourth-order valence-electron chi connectivity index (χ4n) is 9.64. The smallest absolute Gasteiger partial charge is 0.333 e. The van der Waals surface area contributed by atoms with Crippen LogP contribution in [0.5, 0.6) is 0 Å². The molecule has 2 aliphatic rings. The van der Waals surface area contributed by atoms with Gasteiger partial charge in [0.1, 0.15) is 5.58 Å². The molecule has 55 heavy (non-hydrogen) atoms. The Hall–Kier alpha value is -6.82. The third-order valence-corrected chi connectivity index (χ3v) is 13.2. The Bertz CT molecular complexity index is 3380. The molecule has 0 amide bonds. The number of fused-ring (bicyclic) bond motifs is 13. The van der Waals surface area contributed by atoms with E-state index >= 15 is 0 Å². The average Bonchev–Trinajstić information content (AvgIpc) is 3.92. The van der Waals surface area contributed by atoms with Gasteiger partial charge in [-0.3, -0.25) is 0 Å². The number of aromatic nitrogens is 1. The molecule has 254 valence electrons. The Morgan fingerprint density at radius 1 is 0.491 bits per heavy atom. The van der Waals surface area contributed by atoms with Gasteiger partial charge in [0.2, 0.25) is 0 Å². The van der Waals surface area contributed by atoms with Crippen LogP contribution >= 0.6 is 11.3 Å². The lowest BCUT2D eigenvalue weighted by Gasteiger charge is -2.40. The van der Waals surface area contributed by atoms with Crippen molar-refractivity contribution in [1.29, 1.82) is 0 Å². The summed E-state index contributed by atoms with van der Waals surface area (Å²) in [6.45, 7) is -0.0889.